The van der Waals surface area contributed by atoms with E-state index in [2.05, 4.69) is 6.92 Å². The molecule has 1 saturated heterocycles. The molecule has 10 saturated carbocycles. The second-order valence-corrected chi connectivity index (χ2v) is 19.3. The van der Waals surface area contributed by atoms with Crippen molar-refractivity contribution in [3.8, 4) is 0 Å². The quantitative estimate of drug-likeness (QED) is 0.165. The van der Waals surface area contributed by atoms with Crippen LogP contribution >= 0.6 is 0 Å². The second kappa shape index (κ2) is 11.9. The van der Waals surface area contributed by atoms with Crippen molar-refractivity contribution >= 4 is 23.9 Å². The van der Waals surface area contributed by atoms with Crippen LogP contribution in [-0.2, 0) is 42.9 Å². The number of carbonyl (C=O) groups excluding carboxylic acids is 4. The van der Waals surface area contributed by atoms with Gasteiger partial charge in [-0.25, -0.2) is 0 Å². The van der Waals surface area contributed by atoms with Gasteiger partial charge in [0.05, 0.1) is 29.3 Å². The van der Waals surface area contributed by atoms with Gasteiger partial charge in [-0.05, 0) is 139 Å². The fourth-order valence-electron chi connectivity index (χ4n) is 14.2. The lowest BCUT2D eigenvalue weighted by Crippen LogP contribution is -2.61. The van der Waals surface area contributed by atoms with Crippen molar-refractivity contribution in [3.63, 3.8) is 0 Å². The second-order valence-electron chi connectivity index (χ2n) is 19.3. The van der Waals surface area contributed by atoms with Crippen molar-refractivity contribution in [3.05, 3.63) is 0 Å². The molecule has 10 aliphatic carbocycles. The van der Waals surface area contributed by atoms with Crippen LogP contribution in [0.1, 0.15) is 124 Å². The van der Waals surface area contributed by atoms with Crippen molar-refractivity contribution < 1.29 is 42.9 Å². The first-order valence-corrected chi connectivity index (χ1v) is 20.3. The first-order valence-electron chi connectivity index (χ1n) is 20.3. The number of hydrogen-bond donors (Lipinski definition) is 0. The monoisotopic (exact) mass is 694 g/mol. The van der Waals surface area contributed by atoms with Gasteiger partial charge in [0.25, 0.3) is 0 Å². The van der Waals surface area contributed by atoms with Gasteiger partial charge in [0.15, 0.2) is 0 Å². The molecule has 0 N–H and O–H groups in total. The molecule has 1 aliphatic heterocycles. The van der Waals surface area contributed by atoms with E-state index in [1.807, 2.05) is 13.8 Å². The van der Waals surface area contributed by atoms with Crippen LogP contribution in [0.3, 0.4) is 0 Å². The van der Waals surface area contributed by atoms with Crippen LogP contribution in [0.4, 0.5) is 0 Å². The summed E-state index contributed by atoms with van der Waals surface area (Å²) in [5.41, 5.74) is -1.19. The molecule has 0 spiro atoms. The first kappa shape index (κ1) is 33.7. The highest BCUT2D eigenvalue weighted by molar-refractivity contribution is 5.79. The summed E-state index contributed by atoms with van der Waals surface area (Å²) in [6.07, 6.45) is 13.5. The lowest BCUT2D eigenvalue weighted by molar-refractivity contribution is -0.229. The summed E-state index contributed by atoms with van der Waals surface area (Å²) in [6.45, 7) is 5.98. The zero-order valence-corrected chi connectivity index (χ0v) is 30.6. The summed E-state index contributed by atoms with van der Waals surface area (Å²) in [7, 11) is 1.80. The third kappa shape index (κ3) is 5.38. The Morgan fingerprint density at radius 1 is 0.780 bits per heavy atom. The van der Waals surface area contributed by atoms with Crippen molar-refractivity contribution in [2.24, 2.45) is 71.0 Å². The predicted molar refractivity (Wildman–Crippen MR) is 180 cm³/mol. The van der Waals surface area contributed by atoms with E-state index in [9.17, 15) is 19.2 Å². The Labute approximate surface area is 296 Å². The molecule has 11 fully saturated rings. The van der Waals surface area contributed by atoms with Gasteiger partial charge < -0.3 is 23.7 Å². The van der Waals surface area contributed by atoms with Crippen molar-refractivity contribution in [1.82, 2.24) is 0 Å². The maximum Gasteiger partial charge on any atom is 0.309 e. The molecule has 10 bridgehead atoms. The van der Waals surface area contributed by atoms with Crippen LogP contribution in [-0.4, -0.2) is 60.0 Å². The van der Waals surface area contributed by atoms with Crippen molar-refractivity contribution in [2.75, 3.05) is 7.11 Å². The SMILES string of the molecule is CCC(CC(CC(C)C(=O)OC12CC3CC(CC(OC)(C3)C1)C2)C(=O)OC1(C)C2CC3CC(C2)CC1C3)C(=O)OC1C2CC3C(=O)OC1C3C2. The van der Waals surface area contributed by atoms with Crippen LogP contribution in [0.5, 0.6) is 0 Å². The van der Waals surface area contributed by atoms with E-state index in [0.29, 0.717) is 30.1 Å². The molecule has 0 radical (unpaired) electrons. The molecule has 1 heterocycles. The highest BCUT2D eigenvalue weighted by atomic mass is 16.6. The van der Waals surface area contributed by atoms with Crippen LogP contribution in [0.15, 0.2) is 0 Å². The van der Waals surface area contributed by atoms with E-state index < -0.39 is 35.1 Å². The van der Waals surface area contributed by atoms with Gasteiger partial charge in [-0.2, -0.15) is 0 Å². The normalized spacial score (nSPS) is 48.7. The molecule has 11 aliphatic rings. The molecular weight excluding hydrogens is 636 g/mol. The highest BCUT2D eigenvalue weighted by Gasteiger charge is 2.64. The zero-order valence-electron chi connectivity index (χ0n) is 30.6. The van der Waals surface area contributed by atoms with E-state index in [0.717, 1.165) is 82.5 Å². The maximum atomic E-state index is 14.5. The molecule has 276 valence electrons. The summed E-state index contributed by atoms with van der Waals surface area (Å²) in [5.74, 6) is 0.804. The fourth-order valence-corrected chi connectivity index (χ4v) is 14.2. The van der Waals surface area contributed by atoms with Gasteiger partial charge in [0, 0.05) is 25.4 Å². The van der Waals surface area contributed by atoms with E-state index >= 15 is 0 Å². The summed E-state index contributed by atoms with van der Waals surface area (Å²) in [4.78, 5) is 54.6. The third-order valence-corrected chi connectivity index (χ3v) is 16.2. The van der Waals surface area contributed by atoms with Gasteiger partial charge in [-0.15, -0.1) is 0 Å². The predicted octanol–water partition coefficient (Wildman–Crippen LogP) is 6.58. The minimum Gasteiger partial charge on any atom is -0.459 e. The third-order valence-electron chi connectivity index (χ3n) is 16.2. The summed E-state index contributed by atoms with van der Waals surface area (Å²) >= 11 is 0. The summed E-state index contributed by atoms with van der Waals surface area (Å²) in [5, 5.41) is 0. The molecule has 10 unspecified atom stereocenters. The Morgan fingerprint density at radius 2 is 1.42 bits per heavy atom. The molecule has 0 aromatic carbocycles. The van der Waals surface area contributed by atoms with Gasteiger partial charge in [0.1, 0.15) is 23.4 Å². The Hall–Kier alpha value is -2.16. The van der Waals surface area contributed by atoms with Crippen LogP contribution in [0, 0.1) is 71.0 Å². The zero-order chi connectivity index (χ0) is 34.7. The maximum absolute atomic E-state index is 14.5. The minimum atomic E-state index is -0.639. The van der Waals surface area contributed by atoms with Crippen molar-refractivity contribution in [1.29, 1.82) is 0 Å². The molecule has 50 heavy (non-hydrogen) atoms. The Bertz CT molecular complexity index is 1380. The van der Waals surface area contributed by atoms with Crippen LogP contribution in [0.2, 0.25) is 0 Å². The lowest BCUT2D eigenvalue weighted by Gasteiger charge is -2.60. The Kier molecular flexibility index (Phi) is 8.03. The molecular formula is C41H58O9. The molecule has 0 aromatic heterocycles. The number of esters is 4. The van der Waals surface area contributed by atoms with Crippen LogP contribution < -0.4 is 0 Å². The average Bonchev–Trinajstić information content (AvgIpc) is 3.70. The number of hydrogen-bond acceptors (Lipinski definition) is 9. The standard InChI is InChI=1S/C41H58O9/c1-5-26(36(43)47-33-27-14-31-32(15-27)38(45)48-34(31)33)13-28(37(44)49-39(3)29-9-22-7-23(11-29)12-30(39)10-22)6-21(2)35(42)50-41-18-24-8-25(19-41)17-40(16-24,20-41)46-4/h21-34H,5-20H2,1-4H3. The summed E-state index contributed by atoms with van der Waals surface area (Å²) < 4.78 is 31.1. The van der Waals surface area contributed by atoms with E-state index in [1.54, 1.807) is 7.11 Å². The molecule has 9 nitrogen and oxygen atoms in total. The number of carbonyl (C=O) groups is 4. The highest BCUT2D eigenvalue weighted by Crippen LogP contribution is 2.61. The lowest BCUT2D eigenvalue weighted by atomic mass is 9.50. The summed E-state index contributed by atoms with van der Waals surface area (Å²) in [6, 6.07) is 0. The Balaban J connectivity index is 0.913. The molecule has 0 amide bonds. The van der Waals surface area contributed by atoms with E-state index in [4.69, 9.17) is 23.7 Å². The fraction of sp³-hybridized carbons (Fsp3) is 0.902. The number of fused-ring (bicyclic) bond motifs is 1. The van der Waals surface area contributed by atoms with Gasteiger partial charge in [-0.1, -0.05) is 13.8 Å². The minimum absolute atomic E-state index is 0.0488. The Morgan fingerprint density at radius 3 is 2.06 bits per heavy atom. The van der Waals surface area contributed by atoms with Crippen LogP contribution in [0.25, 0.3) is 0 Å². The molecule has 11 rings (SSSR count). The number of ether oxygens (including phenoxy) is 5. The molecule has 0 aromatic rings. The van der Waals surface area contributed by atoms with Gasteiger partial charge in [-0.3, -0.25) is 19.2 Å². The first-order chi connectivity index (χ1) is 23.9. The van der Waals surface area contributed by atoms with E-state index in [-0.39, 0.29) is 66.2 Å². The number of methoxy groups -OCH3 is 1. The number of rotatable bonds is 12. The van der Waals surface area contributed by atoms with E-state index in [1.165, 1.54) is 12.8 Å². The topological polar surface area (TPSA) is 114 Å². The smallest absolute Gasteiger partial charge is 0.309 e. The van der Waals surface area contributed by atoms with Crippen molar-refractivity contribution in [2.45, 2.75) is 153 Å². The van der Waals surface area contributed by atoms with Gasteiger partial charge >= 0.3 is 23.9 Å². The molecule has 9 heteroatoms. The largest absolute Gasteiger partial charge is 0.459 e. The average molecular weight is 695 g/mol. The molecule has 10 atom stereocenters. The van der Waals surface area contributed by atoms with Gasteiger partial charge in [0.2, 0.25) is 0 Å².